The number of rotatable bonds is 3. The van der Waals surface area contributed by atoms with Crippen molar-refractivity contribution in [3.8, 4) is 0 Å². The van der Waals surface area contributed by atoms with E-state index < -0.39 is 0 Å². The molecule has 0 unspecified atom stereocenters. The molecule has 1 aliphatic rings. The number of halogens is 2. The Kier molecular flexibility index (Phi) is 3.76. The van der Waals surface area contributed by atoms with Crippen LogP contribution in [0.5, 0.6) is 0 Å². The maximum absolute atomic E-state index is 11.5. The Hall–Kier alpha value is -0.970. The molecule has 0 bridgehead atoms. The lowest BCUT2D eigenvalue weighted by atomic mass is 10.2. The van der Waals surface area contributed by atoms with Crippen LogP contribution in [0, 0.1) is 0 Å². The first-order chi connectivity index (χ1) is 8.11. The summed E-state index contributed by atoms with van der Waals surface area (Å²) in [6, 6.07) is 3.42. The Labute approximate surface area is 109 Å². The summed E-state index contributed by atoms with van der Waals surface area (Å²) in [5, 5.41) is 3.68. The molecule has 92 valence electrons. The first-order valence-corrected chi connectivity index (χ1v) is 5.90. The van der Waals surface area contributed by atoms with Crippen LogP contribution < -0.4 is 10.2 Å². The number of nitrogens with one attached hydrogen (secondary N) is 1. The van der Waals surface area contributed by atoms with Crippen LogP contribution in [-0.4, -0.2) is 32.7 Å². The smallest absolute Gasteiger partial charge is 0.243 e. The number of carbonyl (C=O) groups excluding carboxylic acids is 1. The van der Waals surface area contributed by atoms with Crippen molar-refractivity contribution in [3.63, 3.8) is 0 Å². The standard InChI is InChI=1S/C11H12Cl2N2O2/c1-17-3-2-15-6-11(16)14-9-4-7(12)8(13)5-10(9)15/h4-5H,2-3,6H2,1H3,(H,14,16). The minimum absolute atomic E-state index is 0.0630. The number of ether oxygens (including phenoxy) is 1. The van der Waals surface area contributed by atoms with E-state index in [0.717, 1.165) is 5.69 Å². The number of amides is 1. The lowest BCUT2D eigenvalue weighted by Crippen LogP contribution is -2.39. The zero-order chi connectivity index (χ0) is 12.4. The summed E-state index contributed by atoms with van der Waals surface area (Å²) in [5.41, 5.74) is 1.56. The number of methoxy groups -OCH3 is 1. The molecule has 0 saturated heterocycles. The van der Waals surface area contributed by atoms with Gasteiger partial charge in [0.1, 0.15) is 0 Å². The van der Waals surface area contributed by atoms with Crippen LogP contribution in [0.3, 0.4) is 0 Å². The van der Waals surface area contributed by atoms with Gasteiger partial charge in [-0.3, -0.25) is 4.79 Å². The number of carbonyl (C=O) groups is 1. The van der Waals surface area contributed by atoms with Gasteiger partial charge < -0.3 is 15.0 Å². The van der Waals surface area contributed by atoms with Crippen LogP contribution in [0.1, 0.15) is 0 Å². The van der Waals surface area contributed by atoms with E-state index in [1.165, 1.54) is 0 Å². The van der Waals surface area contributed by atoms with E-state index >= 15 is 0 Å². The average Bonchev–Trinajstić information content (AvgIpc) is 2.28. The highest BCUT2D eigenvalue weighted by molar-refractivity contribution is 6.42. The molecule has 0 radical (unpaired) electrons. The van der Waals surface area contributed by atoms with Crippen LogP contribution in [0.2, 0.25) is 10.0 Å². The zero-order valence-corrected chi connectivity index (χ0v) is 10.8. The van der Waals surface area contributed by atoms with E-state index in [1.807, 2.05) is 4.90 Å². The van der Waals surface area contributed by atoms with Gasteiger partial charge in [0.05, 0.1) is 34.6 Å². The van der Waals surface area contributed by atoms with Gasteiger partial charge in [-0.05, 0) is 12.1 Å². The minimum atomic E-state index is -0.0630. The number of hydrogen-bond donors (Lipinski definition) is 1. The third kappa shape index (κ3) is 2.65. The van der Waals surface area contributed by atoms with E-state index in [4.69, 9.17) is 27.9 Å². The largest absolute Gasteiger partial charge is 0.383 e. The highest BCUT2D eigenvalue weighted by Crippen LogP contribution is 2.36. The molecule has 1 amide bonds. The fourth-order valence-electron chi connectivity index (χ4n) is 1.75. The monoisotopic (exact) mass is 274 g/mol. The Morgan fingerprint density at radius 2 is 2.12 bits per heavy atom. The maximum atomic E-state index is 11.5. The molecule has 2 rings (SSSR count). The molecule has 1 aromatic carbocycles. The number of anilines is 2. The Morgan fingerprint density at radius 3 is 2.82 bits per heavy atom. The molecule has 4 nitrogen and oxygen atoms in total. The first-order valence-electron chi connectivity index (χ1n) is 5.14. The molecule has 0 aliphatic carbocycles. The molecule has 0 aromatic heterocycles. The Morgan fingerprint density at radius 1 is 1.41 bits per heavy atom. The summed E-state index contributed by atoms with van der Waals surface area (Å²) in [4.78, 5) is 13.4. The second-order valence-corrected chi connectivity index (χ2v) is 4.56. The fraction of sp³-hybridized carbons (Fsp3) is 0.364. The van der Waals surface area contributed by atoms with Gasteiger partial charge in [-0.2, -0.15) is 0 Å². The SMILES string of the molecule is COCCN1CC(=O)Nc2cc(Cl)c(Cl)cc21. The number of fused-ring (bicyclic) bond motifs is 1. The van der Waals surface area contributed by atoms with Crippen LogP contribution in [-0.2, 0) is 9.53 Å². The fourth-order valence-corrected chi connectivity index (χ4v) is 2.07. The molecule has 1 N–H and O–H groups in total. The van der Waals surface area contributed by atoms with Gasteiger partial charge in [0.25, 0.3) is 0 Å². The van der Waals surface area contributed by atoms with Gasteiger partial charge in [-0.1, -0.05) is 23.2 Å². The van der Waals surface area contributed by atoms with Gasteiger partial charge >= 0.3 is 0 Å². The van der Waals surface area contributed by atoms with Crippen molar-refractivity contribution in [2.24, 2.45) is 0 Å². The van der Waals surface area contributed by atoms with E-state index in [-0.39, 0.29) is 5.91 Å². The summed E-state index contributed by atoms with van der Waals surface area (Å²) < 4.78 is 5.02. The quantitative estimate of drug-likeness (QED) is 0.921. The van der Waals surface area contributed by atoms with Gasteiger partial charge in [-0.25, -0.2) is 0 Å². The molecule has 6 heteroatoms. The summed E-state index contributed by atoms with van der Waals surface area (Å²) in [6.07, 6.45) is 0. The third-order valence-corrected chi connectivity index (χ3v) is 3.28. The van der Waals surface area contributed by atoms with Gasteiger partial charge in [0.2, 0.25) is 5.91 Å². The normalized spacial score (nSPS) is 14.5. The van der Waals surface area contributed by atoms with E-state index in [2.05, 4.69) is 5.32 Å². The van der Waals surface area contributed by atoms with Crippen LogP contribution in [0.4, 0.5) is 11.4 Å². The average molecular weight is 275 g/mol. The van der Waals surface area contributed by atoms with E-state index in [9.17, 15) is 4.79 Å². The zero-order valence-electron chi connectivity index (χ0n) is 9.30. The highest BCUT2D eigenvalue weighted by Gasteiger charge is 2.22. The van der Waals surface area contributed by atoms with Gasteiger partial charge in [0.15, 0.2) is 0 Å². The predicted molar refractivity (Wildman–Crippen MR) is 69.2 cm³/mol. The summed E-state index contributed by atoms with van der Waals surface area (Å²) >= 11 is 11.9. The summed E-state index contributed by atoms with van der Waals surface area (Å²) in [5.74, 6) is -0.0630. The molecule has 1 aromatic rings. The van der Waals surface area contributed by atoms with Crippen molar-refractivity contribution in [1.82, 2.24) is 0 Å². The van der Waals surface area contributed by atoms with Crippen molar-refractivity contribution in [2.45, 2.75) is 0 Å². The van der Waals surface area contributed by atoms with Crippen LogP contribution in [0.25, 0.3) is 0 Å². The van der Waals surface area contributed by atoms with Gasteiger partial charge in [0, 0.05) is 13.7 Å². The second kappa shape index (κ2) is 5.12. The lowest BCUT2D eigenvalue weighted by Gasteiger charge is -2.31. The number of hydrogen-bond acceptors (Lipinski definition) is 3. The van der Waals surface area contributed by atoms with Crippen molar-refractivity contribution in [2.75, 3.05) is 37.0 Å². The van der Waals surface area contributed by atoms with Crippen LogP contribution >= 0.6 is 23.2 Å². The minimum Gasteiger partial charge on any atom is -0.383 e. The molecular weight excluding hydrogens is 263 g/mol. The molecule has 0 saturated carbocycles. The Bertz CT molecular complexity index is 451. The first kappa shape index (κ1) is 12.5. The molecule has 17 heavy (non-hydrogen) atoms. The second-order valence-electron chi connectivity index (χ2n) is 3.75. The molecular formula is C11H12Cl2N2O2. The molecule has 0 fully saturated rings. The van der Waals surface area contributed by atoms with Crippen molar-refractivity contribution in [3.05, 3.63) is 22.2 Å². The topological polar surface area (TPSA) is 41.6 Å². The Balaban J connectivity index is 2.34. The molecule has 1 aliphatic heterocycles. The van der Waals surface area contributed by atoms with Crippen molar-refractivity contribution < 1.29 is 9.53 Å². The molecule has 1 heterocycles. The summed E-state index contributed by atoms with van der Waals surface area (Å²) in [7, 11) is 1.62. The van der Waals surface area contributed by atoms with E-state index in [0.29, 0.717) is 35.4 Å². The number of nitrogens with zero attached hydrogens (tertiary/aromatic N) is 1. The van der Waals surface area contributed by atoms with Crippen LogP contribution in [0.15, 0.2) is 12.1 Å². The van der Waals surface area contributed by atoms with Gasteiger partial charge in [-0.15, -0.1) is 0 Å². The molecule has 0 spiro atoms. The van der Waals surface area contributed by atoms with Crippen molar-refractivity contribution >= 4 is 40.5 Å². The third-order valence-electron chi connectivity index (χ3n) is 2.55. The predicted octanol–water partition coefficient (Wildman–Crippen LogP) is 2.40. The van der Waals surface area contributed by atoms with Crippen molar-refractivity contribution in [1.29, 1.82) is 0 Å². The lowest BCUT2D eigenvalue weighted by molar-refractivity contribution is -0.115. The maximum Gasteiger partial charge on any atom is 0.243 e. The summed E-state index contributed by atoms with van der Waals surface area (Å²) in [6.45, 7) is 1.48. The van der Waals surface area contributed by atoms with E-state index in [1.54, 1.807) is 19.2 Å². The molecule has 0 atom stereocenters. The highest BCUT2D eigenvalue weighted by atomic mass is 35.5. The number of benzene rings is 1.